The van der Waals surface area contributed by atoms with Crippen LogP contribution in [-0.4, -0.2) is 12.5 Å². The summed E-state index contributed by atoms with van der Waals surface area (Å²) in [6.07, 6.45) is 2.40. The van der Waals surface area contributed by atoms with Crippen molar-refractivity contribution in [3.05, 3.63) is 59.4 Å². The van der Waals surface area contributed by atoms with Crippen LogP contribution in [0.2, 0.25) is 0 Å². The van der Waals surface area contributed by atoms with Crippen molar-refractivity contribution < 1.29 is 14.3 Å². The third-order valence-electron chi connectivity index (χ3n) is 3.52. The first-order valence-corrected chi connectivity index (χ1v) is 7.31. The Kier molecular flexibility index (Phi) is 5.36. The molecule has 0 saturated heterocycles. The molecule has 1 aromatic carbocycles. The van der Waals surface area contributed by atoms with Crippen molar-refractivity contribution in [1.29, 1.82) is 0 Å². The smallest absolute Gasteiger partial charge is 0.379 e. The Balaban J connectivity index is 1.88. The fraction of sp³-hybridized carbons (Fsp3) is 0.294. The van der Waals surface area contributed by atoms with Gasteiger partial charge in [-0.25, -0.2) is 0 Å². The maximum atomic E-state index is 11.8. The van der Waals surface area contributed by atoms with E-state index in [0.29, 0.717) is 16.3 Å². The van der Waals surface area contributed by atoms with Crippen molar-refractivity contribution in [2.75, 3.05) is 11.9 Å². The summed E-state index contributed by atoms with van der Waals surface area (Å²) in [5, 5.41) is 14.1. The lowest BCUT2D eigenvalue weighted by molar-refractivity contribution is -0.612. The SMILES string of the molecule is CC[C@@H](C)c1ccc(NC(=O)COc2cccc[n+]2[O-])cc1. The number of pyridine rings is 1. The van der Waals surface area contributed by atoms with E-state index in [0.717, 1.165) is 6.42 Å². The van der Waals surface area contributed by atoms with Gasteiger partial charge in [0.25, 0.3) is 5.91 Å². The molecule has 1 atom stereocenters. The summed E-state index contributed by atoms with van der Waals surface area (Å²) in [6, 6.07) is 12.5. The van der Waals surface area contributed by atoms with E-state index in [9.17, 15) is 10.0 Å². The maximum absolute atomic E-state index is 11.8. The average Bonchev–Trinajstić information content (AvgIpc) is 2.54. The predicted molar refractivity (Wildman–Crippen MR) is 84.7 cm³/mol. The molecular weight excluding hydrogens is 280 g/mol. The summed E-state index contributed by atoms with van der Waals surface area (Å²) in [6.45, 7) is 4.10. The Morgan fingerprint density at radius 1 is 1.27 bits per heavy atom. The molecule has 0 radical (unpaired) electrons. The minimum atomic E-state index is -0.305. The molecule has 22 heavy (non-hydrogen) atoms. The standard InChI is InChI=1S/C17H20N2O3/c1-3-13(2)14-7-9-15(10-8-14)18-16(20)12-22-17-6-4-5-11-19(17)21/h4-11,13H,3,12H2,1-2H3,(H,18,20)/t13-/m1/s1. The molecule has 0 saturated carbocycles. The van der Waals surface area contributed by atoms with Crippen LogP contribution in [0.15, 0.2) is 48.7 Å². The van der Waals surface area contributed by atoms with E-state index in [1.807, 2.05) is 24.3 Å². The van der Waals surface area contributed by atoms with Crippen LogP contribution in [0, 0.1) is 5.21 Å². The molecule has 5 nitrogen and oxygen atoms in total. The Labute approximate surface area is 130 Å². The van der Waals surface area contributed by atoms with Crippen LogP contribution in [0.3, 0.4) is 0 Å². The summed E-state index contributed by atoms with van der Waals surface area (Å²) >= 11 is 0. The van der Waals surface area contributed by atoms with Gasteiger partial charge in [-0.2, -0.15) is 0 Å². The second-order valence-corrected chi connectivity index (χ2v) is 5.13. The molecule has 0 aliphatic carbocycles. The Morgan fingerprint density at radius 2 is 2.00 bits per heavy atom. The highest BCUT2D eigenvalue weighted by atomic mass is 16.6. The highest BCUT2D eigenvalue weighted by Gasteiger charge is 2.09. The van der Waals surface area contributed by atoms with Crippen LogP contribution in [0.25, 0.3) is 0 Å². The van der Waals surface area contributed by atoms with Crippen LogP contribution in [-0.2, 0) is 4.79 Å². The number of nitrogens with zero attached hydrogens (tertiary/aromatic N) is 1. The number of benzene rings is 1. The van der Waals surface area contributed by atoms with E-state index in [1.54, 1.807) is 12.1 Å². The van der Waals surface area contributed by atoms with Gasteiger partial charge < -0.3 is 15.3 Å². The number of carbonyl (C=O) groups excluding carboxylic acids is 1. The van der Waals surface area contributed by atoms with Crippen LogP contribution in [0.4, 0.5) is 5.69 Å². The summed E-state index contributed by atoms with van der Waals surface area (Å²) in [7, 11) is 0. The van der Waals surface area contributed by atoms with Gasteiger partial charge in [0.05, 0.1) is 6.07 Å². The van der Waals surface area contributed by atoms with Gasteiger partial charge >= 0.3 is 5.88 Å². The second-order valence-electron chi connectivity index (χ2n) is 5.13. The number of amides is 1. The van der Waals surface area contributed by atoms with Crippen LogP contribution in [0.1, 0.15) is 31.7 Å². The number of carbonyl (C=O) groups is 1. The number of anilines is 1. The molecule has 0 aliphatic rings. The Bertz CT molecular complexity index is 626. The molecule has 0 spiro atoms. The summed E-state index contributed by atoms with van der Waals surface area (Å²) in [4.78, 5) is 11.8. The molecule has 2 rings (SSSR count). The first-order valence-electron chi connectivity index (χ1n) is 7.31. The summed E-state index contributed by atoms with van der Waals surface area (Å²) < 4.78 is 5.77. The lowest BCUT2D eigenvalue weighted by atomic mass is 9.99. The zero-order valence-corrected chi connectivity index (χ0v) is 12.8. The van der Waals surface area contributed by atoms with E-state index in [-0.39, 0.29) is 18.4 Å². The topological polar surface area (TPSA) is 65.3 Å². The molecule has 1 amide bonds. The highest BCUT2D eigenvalue weighted by molar-refractivity contribution is 5.91. The third-order valence-corrected chi connectivity index (χ3v) is 3.52. The van der Waals surface area contributed by atoms with Crippen molar-refractivity contribution in [3.8, 4) is 5.88 Å². The monoisotopic (exact) mass is 300 g/mol. The molecule has 1 N–H and O–H groups in total. The number of aromatic nitrogens is 1. The molecule has 1 heterocycles. The molecular formula is C17H20N2O3. The van der Waals surface area contributed by atoms with Crippen molar-refractivity contribution in [2.24, 2.45) is 0 Å². The lowest BCUT2D eigenvalue weighted by Gasteiger charge is -2.10. The van der Waals surface area contributed by atoms with E-state index >= 15 is 0 Å². The van der Waals surface area contributed by atoms with Gasteiger partial charge in [-0.15, -0.1) is 4.73 Å². The summed E-state index contributed by atoms with van der Waals surface area (Å²) in [5.41, 5.74) is 1.96. The third kappa shape index (κ3) is 4.22. The fourth-order valence-electron chi connectivity index (χ4n) is 1.99. The molecule has 0 aliphatic heterocycles. The highest BCUT2D eigenvalue weighted by Crippen LogP contribution is 2.20. The van der Waals surface area contributed by atoms with Crippen LogP contribution >= 0.6 is 0 Å². The van der Waals surface area contributed by atoms with Crippen molar-refractivity contribution in [2.45, 2.75) is 26.2 Å². The number of ether oxygens (including phenoxy) is 1. The van der Waals surface area contributed by atoms with Gasteiger partial charge in [-0.3, -0.25) is 4.79 Å². The molecule has 0 unspecified atom stereocenters. The predicted octanol–water partition coefficient (Wildman–Crippen LogP) is 2.85. The quantitative estimate of drug-likeness (QED) is 0.659. The van der Waals surface area contributed by atoms with Gasteiger partial charge in [0.15, 0.2) is 12.8 Å². The van der Waals surface area contributed by atoms with E-state index in [2.05, 4.69) is 19.2 Å². The number of hydrogen-bond donors (Lipinski definition) is 1. The molecule has 0 bridgehead atoms. The largest absolute Gasteiger partial charge is 0.616 e. The van der Waals surface area contributed by atoms with E-state index in [4.69, 9.17) is 4.74 Å². The number of nitrogens with one attached hydrogen (secondary N) is 1. The number of rotatable bonds is 6. The van der Waals surface area contributed by atoms with Crippen LogP contribution < -0.4 is 14.8 Å². The first kappa shape index (κ1) is 15.8. The van der Waals surface area contributed by atoms with E-state index < -0.39 is 0 Å². The fourth-order valence-corrected chi connectivity index (χ4v) is 1.99. The molecule has 1 aromatic heterocycles. The maximum Gasteiger partial charge on any atom is 0.379 e. The van der Waals surface area contributed by atoms with E-state index in [1.165, 1.54) is 17.8 Å². The average molecular weight is 300 g/mol. The zero-order chi connectivity index (χ0) is 15.9. The molecule has 116 valence electrons. The van der Waals surface area contributed by atoms with Gasteiger partial charge in [-0.05, 0) is 36.1 Å². The van der Waals surface area contributed by atoms with Gasteiger partial charge in [0.2, 0.25) is 0 Å². The van der Waals surface area contributed by atoms with Gasteiger partial charge in [-0.1, -0.05) is 26.0 Å². The zero-order valence-electron chi connectivity index (χ0n) is 12.8. The molecule has 0 fully saturated rings. The van der Waals surface area contributed by atoms with Crippen molar-refractivity contribution in [3.63, 3.8) is 0 Å². The van der Waals surface area contributed by atoms with Crippen LogP contribution in [0.5, 0.6) is 5.88 Å². The van der Waals surface area contributed by atoms with Gasteiger partial charge in [0.1, 0.15) is 0 Å². The normalized spacial score (nSPS) is 11.7. The van der Waals surface area contributed by atoms with Crippen molar-refractivity contribution >= 4 is 11.6 Å². The molecule has 2 aromatic rings. The Morgan fingerprint density at radius 3 is 2.64 bits per heavy atom. The Hall–Kier alpha value is -2.56. The molecule has 5 heteroatoms. The minimum Gasteiger partial charge on any atom is -0.616 e. The lowest BCUT2D eigenvalue weighted by Crippen LogP contribution is -2.30. The minimum absolute atomic E-state index is 0.102. The summed E-state index contributed by atoms with van der Waals surface area (Å²) in [5.74, 6) is 0.295. The van der Waals surface area contributed by atoms with Crippen molar-refractivity contribution in [1.82, 2.24) is 0 Å². The second kappa shape index (κ2) is 7.45. The first-order chi connectivity index (χ1) is 10.6. The number of hydrogen-bond acceptors (Lipinski definition) is 3. The van der Waals surface area contributed by atoms with Gasteiger partial charge in [0, 0.05) is 11.8 Å².